The Morgan fingerprint density at radius 2 is 1.35 bits per heavy atom. The molecule has 7 atom stereocenters. The average molecular weight is 832 g/mol. The van der Waals surface area contributed by atoms with Crippen molar-refractivity contribution in [1.82, 2.24) is 0 Å². The van der Waals surface area contributed by atoms with Gasteiger partial charge in [0.05, 0.1) is 46.1 Å². The number of aliphatic hydroxyl groups excluding tert-OH is 3. The number of rotatable bonds is 36. The number of hydrogen-bond donors (Lipinski definition) is 3. The Hall–Kier alpha value is -1.63. The predicted molar refractivity (Wildman–Crippen MR) is 224 cm³/mol. The molecule has 334 valence electrons. The van der Waals surface area contributed by atoms with E-state index in [-0.39, 0.29) is 37.9 Å². The van der Waals surface area contributed by atoms with Gasteiger partial charge in [-0.05, 0) is 38.0 Å². The fraction of sp³-hybridized carbons (Fsp3) is 0.864. The Labute approximate surface area is 346 Å². The van der Waals surface area contributed by atoms with Gasteiger partial charge in [0.2, 0.25) is 0 Å². The molecule has 0 saturated heterocycles. The van der Waals surface area contributed by atoms with Crippen molar-refractivity contribution in [3.63, 3.8) is 0 Å². The normalized spacial score (nSPS) is 20.9. The van der Waals surface area contributed by atoms with Gasteiger partial charge in [0.15, 0.2) is 6.10 Å². The topological polar surface area (TPSA) is 172 Å². The summed E-state index contributed by atoms with van der Waals surface area (Å²) >= 11 is 0. The van der Waals surface area contributed by atoms with Crippen molar-refractivity contribution in [2.24, 2.45) is 11.8 Å². The third kappa shape index (κ3) is 29.3. The number of likely N-dealkylation sites (N-methyl/N-ethyl adjacent to an activating group) is 1. The predicted octanol–water partition coefficient (Wildman–Crippen LogP) is 8.10. The SMILES string of the molecule is CCCCCCCCCCCCCCCC(=O)O[C@H](COC(=O)CCC/C=C/C[C@@H]1[C@@H](/C=C/[C@@H](O)CCCCC)[C@H](O)C[C@@H]1O)COP(=O)([O-])OCC[N+](C)(C)C. The van der Waals surface area contributed by atoms with E-state index in [4.69, 9.17) is 18.5 Å². The van der Waals surface area contributed by atoms with Gasteiger partial charge in [-0.1, -0.05) is 134 Å². The molecule has 0 heterocycles. The molecule has 0 spiro atoms. The molecule has 1 unspecified atom stereocenters. The molecule has 0 radical (unpaired) electrons. The average Bonchev–Trinajstić information content (AvgIpc) is 3.41. The van der Waals surface area contributed by atoms with E-state index in [2.05, 4.69) is 13.8 Å². The van der Waals surface area contributed by atoms with Crippen LogP contribution < -0.4 is 4.89 Å². The Morgan fingerprint density at radius 1 is 0.772 bits per heavy atom. The summed E-state index contributed by atoms with van der Waals surface area (Å²) in [7, 11) is 1.04. The Balaban J connectivity index is 2.51. The fourth-order valence-corrected chi connectivity index (χ4v) is 7.67. The Bertz CT molecular complexity index is 1140. The zero-order valence-electron chi connectivity index (χ0n) is 36.4. The van der Waals surface area contributed by atoms with Crippen molar-refractivity contribution >= 4 is 19.8 Å². The number of hydrogen-bond acceptors (Lipinski definition) is 11. The molecule has 1 saturated carbocycles. The van der Waals surface area contributed by atoms with Gasteiger partial charge in [0, 0.05) is 25.2 Å². The number of quaternary nitrogens is 1. The molecule has 1 aliphatic rings. The summed E-state index contributed by atoms with van der Waals surface area (Å²) in [5.41, 5.74) is 0. The molecule has 0 aromatic rings. The lowest BCUT2D eigenvalue weighted by Gasteiger charge is -2.28. The molecule has 1 aliphatic carbocycles. The molecule has 0 bridgehead atoms. The number of ether oxygens (including phenoxy) is 2. The highest BCUT2D eigenvalue weighted by Crippen LogP contribution is 2.38. The summed E-state index contributed by atoms with van der Waals surface area (Å²) in [6, 6.07) is 0. The minimum atomic E-state index is -4.68. The molecule has 1 fully saturated rings. The van der Waals surface area contributed by atoms with Crippen LogP contribution in [-0.2, 0) is 32.7 Å². The summed E-state index contributed by atoms with van der Waals surface area (Å²) in [6.07, 6.45) is 25.8. The summed E-state index contributed by atoms with van der Waals surface area (Å²) < 4.78 is 33.8. The first kappa shape index (κ1) is 53.4. The maximum Gasteiger partial charge on any atom is 0.306 e. The first-order chi connectivity index (χ1) is 27.2. The van der Waals surface area contributed by atoms with Crippen molar-refractivity contribution in [3.05, 3.63) is 24.3 Å². The third-order valence-corrected chi connectivity index (χ3v) is 11.5. The summed E-state index contributed by atoms with van der Waals surface area (Å²) in [6.45, 7) is 3.85. The maximum atomic E-state index is 12.7. The molecular weight excluding hydrogens is 749 g/mol. The van der Waals surface area contributed by atoms with Crippen molar-refractivity contribution < 1.29 is 57.4 Å². The van der Waals surface area contributed by atoms with Gasteiger partial charge in [-0.25, -0.2) is 0 Å². The number of aliphatic hydroxyl groups is 3. The smallest absolute Gasteiger partial charge is 0.306 e. The highest BCUT2D eigenvalue weighted by Gasteiger charge is 2.39. The second kappa shape index (κ2) is 32.2. The van der Waals surface area contributed by atoms with Crippen molar-refractivity contribution in [3.8, 4) is 0 Å². The van der Waals surface area contributed by atoms with E-state index in [1.165, 1.54) is 57.8 Å². The molecule has 12 nitrogen and oxygen atoms in total. The molecule has 0 aromatic heterocycles. The number of unbranched alkanes of at least 4 members (excludes halogenated alkanes) is 15. The summed E-state index contributed by atoms with van der Waals surface area (Å²) in [5.74, 6) is -1.42. The van der Waals surface area contributed by atoms with Gasteiger partial charge in [-0.15, -0.1) is 0 Å². The number of carbonyl (C=O) groups excluding carboxylic acids is 2. The number of allylic oxidation sites excluding steroid dienone is 2. The quantitative estimate of drug-likeness (QED) is 0.0183. The van der Waals surface area contributed by atoms with Crippen LogP contribution in [0.1, 0.15) is 162 Å². The Morgan fingerprint density at radius 3 is 1.96 bits per heavy atom. The molecule has 0 aromatic carbocycles. The van der Waals surface area contributed by atoms with Crippen LogP contribution in [0.4, 0.5) is 0 Å². The lowest BCUT2D eigenvalue weighted by atomic mass is 9.89. The molecule has 0 aliphatic heterocycles. The van der Waals surface area contributed by atoms with Gasteiger partial charge in [-0.2, -0.15) is 0 Å². The number of nitrogens with zero attached hydrogens (tertiary/aromatic N) is 1. The van der Waals surface area contributed by atoms with Crippen LogP contribution in [0.5, 0.6) is 0 Å². The monoisotopic (exact) mass is 832 g/mol. The van der Waals surface area contributed by atoms with Gasteiger partial charge in [-0.3, -0.25) is 14.2 Å². The first-order valence-electron chi connectivity index (χ1n) is 22.3. The number of esters is 2. The van der Waals surface area contributed by atoms with Crippen LogP contribution in [0.3, 0.4) is 0 Å². The highest BCUT2D eigenvalue weighted by molar-refractivity contribution is 7.45. The zero-order chi connectivity index (χ0) is 42.4. The van der Waals surface area contributed by atoms with E-state index < -0.39 is 50.8 Å². The largest absolute Gasteiger partial charge is 0.756 e. The van der Waals surface area contributed by atoms with Crippen LogP contribution in [0.2, 0.25) is 0 Å². The summed E-state index contributed by atoms with van der Waals surface area (Å²) in [5, 5.41) is 31.3. The van der Waals surface area contributed by atoms with E-state index in [0.29, 0.717) is 49.6 Å². The van der Waals surface area contributed by atoms with Crippen molar-refractivity contribution in [1.29, 1.82) is 0 Å². The van der Waals surface area contributed by atoms with E-state index in [0.717, 1.165) is 38.5 Å². The van der Waals surface area contributed by atoms with Crippen LogP contribution in [0, 0.1) is 11.8 Å². The third-order valence-electron chi connectivity index (χ3n) is 10.5. The first-order valence-corrected chi connectivity index (χ1v) is 23.8. The molecule has 3 N–H and O–H groups in total. The van der Waals surface area contributed by atoms with Crippen molar-refractivity contribution in [2.45, 2.75) is 186 Å². The molecular formula is C44H82NO11P. The summed E-state index contributed by atoms with van der Waals surface area (Å²) in [4.78, 5) is 37.7. The minimum absolute atomic E-state index is 0.0681. The molecule has 1 rings (SSSR count). The number of phosphoric acid groups is 1. The van der Waals surface area contributed by atoms with E-state index >= 15 is 0 Å². The number of carbonyl (C=O) groups is 2. The second-order valence-electron chi connectivity index (χ2n) is 17.0. The van der Waals surface area contributed by atoms with E-state index in [1.807, 2.05) is 39.4 Å². The van der Waals surface area contributed by atoms with Crippen LogP contribution in [0.25, 0.3) is 0 Å². The fourth-order valence-electron chi connectivity index (χ4n) is 6.94. The van der Waals surface area contributed by atoms with Gasteiger partial charge in [0.25, 0.3) is 7.82 Å². The highest BCUT2D eigenvalue weighted by atomic mass is 31.2. The lowest BCUT2D eigenvalue weighted by molar-refractivity contribution is -0.870. The molecule has 13 heteroatoms. The molecule has 57 heavy (non-hydrogen) atoms. The van der Waals surface area contributed by atoms with E-state index in [1.54, 1.807) is 6.08 Å². The van der Waals surface area contributed by atoms with Crippen LogP contribution >= 0.6 is 7.82 Å². The van der Waals surface area contributed by atoms with Crippen LogP contribution in [-0.4, -0.2) is 104 Å². The minimum Gasteiger partial charge on any atom is -0.756 e. The van der Waals surface area contributed by atoms with Crippen LogP contribution in [0.15, 0.2) is 24.3 Å². The zero-order valence-corrected chi connectivity index (χ0v) is 37.3. The van der Waals surface area contributed by atoms with Crippen molar-refractivity contribution in [2.75, 3.05) is 47.5 Å². The number of phosphoric ester groups is 1. The van der Waals surface area contributed by atoms with Gasteiger partial charge < -0.3 is 43.2 Å². The van der Waals surface area contributed by atoms with Gasteiger partial charge in [0.1, 0.15) is 19.8 Å². The second-order valence-corrected chi connectivity index (χ2v) is 18.4. The Kier molecular flexibility index (Phi) is 30.1. The standard InChI is InChI=1S/C44H82NO11P/c1-6-8-10-11-12-13-14-15-16-17-18-19-25-29-44(50)56-38(36-55-57(51,52)54-33-32-45(3,4)5)35-53-43(49)28-24-21-20-23-27-39-40(42(48)34-41(39)47)31-30-37(46)26-22-9-7-2/h20,23,30-31,37-42,46-48H,6-19,21-22,24-29,32-36H2,1-5H3/b23-20+,31-30+/t37-,38+,39+,40+,41-,42+/m0/s1. The van der Waals surface area contributed by atoms with Gasteiger partial charge >= 0.3 is 11.9 Å². The lowest BCUT2D eigenvalue weighted by Crippen LogP contribution is -2.37. The maximum absolute atomic E-state index is 12.7. The van der Waals surface area contributed by atoms with E-state index in [9.17, 15) is 34.4 Å². The molecule has 0 amide bonds.